The number of carbonyl (C=O) groups excluding carboxylic acids is 3. The molecule has 0 aliphatic heterocycles. The second-order valence-electron chi connectivity index (χ2n) is 7.06. The van der Waals surface area contributed by atoms with Crippen LogP contribution in [0.1, 0.15) is 39.1 Å². The largest absolute Gasteiger partial charge is 0.465 e. The number of amides is 1. The van der Waals surface area contributed by atoms with E-state index in [1.54, 1.807) is 12.1 Å². The molecule has 0 bridgehead atoms. The molecule has 0 heterocycles. The Balaban J connectivity index is 2.11. The lowest BCUT2D eigenvalue weighted by Gasteiger charge is -2.24. The molecule has 1 N–H and O–H groups in total. The number of aryl methyl sites for hydroxylation is 1. The first-order valence-corrected chi connectivity index (χ1v) is 11.6. The monoisotopic (exact) mass is 462 g/mol. The molecule has 0 aliphatic rings. The quantitative estimate of drug-likeness (QED) is 0.569. The zero-order chi connectivity index (χ0) is 23.9. The van der Waals surface area contributed by atoms with E-state index in [1.807, 2.05) is 19.1 Å². The van der Waals surface area contributed by atoms with Crippen LogP contribution in [-0.4, -0.2) is 53.3 Å². The summed E-state index contributed by atoms with van der Waals surface area (Å²) in [5.41, 5.74) is 1.74. The zero-order valence-electron chi connectivity index (χ0n) is 18.4. The van der Waals surface area contributed by atoms with Crippen molar-refractivity contribution in [2.75, 3.05) is 36.6 Å². The van der Waals surface area contributed by atoms with E-state index in [1.165, 1.54) is 36.7 Å². The van der Waals surface area contributed by atoms with E-state index in [9.17, 15) is 22.8 Å². The van der Waals surface area contributed by atoms with Gasteiger partial charge in [0.05, 0.1) is 37.3 Å². The number of hydrogen-bond acceptors (Lipinski definition) is 7. The van der Waals surface area contributed by atoms with Gasteiger partial charge in [0.15, 0.2) is 0 Å². The van der Waals surface area contributed by atoms with E-state index < -0.39 is 27.9 Å². The first-order chi connectivity index (χ1) is 15.1. The second kappa shape index (κ2) is 10.8. The molecular formula is C22H26N2O7S. The Kier molecular flexibility index (Phi) is 8.36. The lowest BCUT2D eigenvalue weighted by molar-refractivity contribution is -0.116. The summed E-state index contributed by atoms with van der Waals surface area (Å²) in [6, 6.07) is 11.2. The second-order valence-corrected chi connectivity index (χ2v) is 8.96. The molecule has 2 aromatic carbocycles. The Hall–Kier alpha value is -3.40. The Bertz CT molecular complexity index is 1080. The molecule has 32 heavy (non-hydrogen) atoms. The maximum atomic E-state index is 12.4. The summed E-state index contributed by atoms with van der Waals surface area (Å²) >= 11 is 0. The van der Waals surface area contributed by atoms with Crippen LogP contribution in [-0.2, 0) is 24.3 Å². The van der Waals surface area contributed by atoms with Crippen molar-refractivity contribution in [2.24, 2.45) is 0 Å². The van der Waals surface area contributed by atoms with Crippen molar-refractivity contribution >= 4 is 39.2 Å². The minimum atomic E-state index is -3.53. The molecule has 0 radical (unpaired) electrons. The highest BCUT2D eigenvalue weighted by atomic mass is 32.2. The van der Waals surface area contributed by atoms with Crippen molar-refractivity contribution < 1.29 is 32.3 Å². The first-order valence-electron chi connectivity index (χ1n) is 9.71. The topological polar surface area (TPSA) is 119 Å². The van der Waals surface area contributed by atoms with Crippen molar-refractivity contribution in [3.8, 4) is 0 Å². The van der Waals surface area contributed by atoms with Crippen LogP contribution in [0.15, 0.2) is 42.5 Å². The highest BCUT2D eigenvalue weighted by Crippen LogP contribution is 2.23. The van der Waals surface area contributed by atoms with Crippen LogP contribution in [0.5, 0.6) is 0 Å². The van der Waals surface area contributed by atoms with Gasteiger partial charge in [-0.3, -0.25) is 9.10 Å². The number of ether oxygens (including phenoxy) is 2. The molecule has 0 saturated heterocycles. The fraction of sp³-hybridized carbons (Fsp3) is 0.318. The molecule has 0 aromatic heterocycles. The summed E-state index contributed by atoms with van der Waals surface area (Å²) in [6.45, 7) is 1.93. The third-order valence-electron chi connectivity index (χ3n) is 4.61. The van der Waals surface area contributed by atoms with Gasteiger partial charge in [0.25, 0.3) is 0 Å². The van der Waals surface area contributed by atoms with Gasteiger partial charge in [-0.15, -0.1) is 0 Å². The number of hydrogen-bond donors (Lipinski definition) is 1. The van der Waals surface area contributed by atoms with Gasteiger partial charge in [-0.25, -0.2) is 18.0 Å². The number of methoxy groups -OCH3 is 2. The third kappa shape index (κ3) is 6.55. The van der Waals surface area contributed by atoms with Gasteiger partial charge < -0.3 is 14.8 Å². The highest BCUT2D eigenvalue weighted by Gasteiger charge is 2.19. The van der Waals surface area contributed by atoms with Crippen LogP contribution in [0.4, 0.5) is 11.4 Å². The van der Waals surface area contributed by atoms with Crippen LogP contribution < -0.4 is 9.62 Å². The molecular weight excluding hydrogens is 436 g/mol. The van der Waals surface area contributed by atoms with Gasteiger partial charge >= 0.3 is 11.9 Å². The summed E-state index contributed by atoms with van der Waals surface area (Å²) in [4.78, 5) is 36.2. The Morgan fingerprint density at radius 1 is 0.969 bits per heavy atom. The molecule has 0 atom stereocenters. The lowest BCUT2D eigenvalue weighted by atomic mass is 10.1. The maximum Gasteiger partial charge on any atom is 0.337 e. The SMILES string of the molecule is COC(=O)c1cc(NC(=O)CCCN(c2ccccc2C)S(C)(=O)=O)cc(C(=O)OC)c1. The van der Waals surface area contributed by atoms with Crippen LogP contribution in [0.2, 0.25) is 0 Å². The average Bonchev–Trinajstić information content (AvgIpc) is 2.75. The van der Waals surface area contributed by atoms with E-state index in [-0.39, 0.29) is 36.2 Å². The van der Waals surface area contributed by atoms with E-state index in [0.717, 1.165) is 11.8 Å². The molecule has 0 fully saturated rings. The number of carbonyl (C=O) groups is 3. The van der Waals surface area contributed by atoms with Gasteiger partial charge in [-0.1, -0.05) is 18.2 Å². The fourth-order valence-electron chi connectivity index (χ4n) is 3.09. The molecule has 0 saturated carbocycles. The van der Waals surface area contributed by atoms with Crippen LogP contribution in [0.25, 0.3) is 0 Å². The molecule has 1 amide bonds. The van der Waals surface area contributed by atoms with Crippen molar-refractivity contribution in [3.63, 3.8) is 0 Å². The van der Waals surface area contributed by atoms with Gasteiger partial charge in [0.2, 0.25) is 15.9 Å². The molecule has 2 rings (SSSR count). The maximum absolute atomic E-state index is 12.4. The standard InChI is InChI=1S/C22H26N2O7S/c1-15-8-5-6-9-19(15)24(32(4,28)29)11-7-10-20(25)23-18-13-16(21(26)30-2)12-17(14-18)22(27)31-3/h5-6,8-9,12-14H,7,10-11H2,1-4H3,(H,23,25). The predicted molar refractivity (Wildman–Crippen MR) is 120 cm³/mol. The van der Waals surface area contributed by atoms with Crippen molar-refractivity contribution in [2.45, 2.75) is 19.8 Å². The van der Waals surface area contributed by atoms with Crippen molar-refractivity contribution in [3.05, 3.63) is 59.2 Å². The molecule has 0 unspecified atom stereocenters. The number of rotatable bonds is 9. The Morgan fingerprint density at radius 3 is 2.03 bits per heavy atom. The van der Waals surface area contributed by atoms with E-state index in [0.29, 0.717) is 5.69 Å². The number of nitrogens with zero attached hydrogens (tertiary/aromatic N) is 1. The van der Waals surface area contributed by atoms with Crippen LogP contribution in [0, 0.1) is 6.92 Å². The Labute approximate surface area is 187 Å². The predicted octanol–water partition coefficient (Wildman–Crippen LogP) is 2.75. The van der Waals surface area contributed by atoms with Crippen molar-refractivity contribution in [1.82, 2.24) is 0 Å². The van der Waals surface area contributed by atoms with Crippen LogP contribution >= 0.6 is 0 Å². The summed E-state index contributed by atoms with van der Waals surface area (Å²) in [5, 5.41) is 2.62. The van der Waals surface area contributed by atoms with Gasteiger partial charge in [0, 0.05) is 18.7 Å². The third-order valence-corrected chi connectivity index (χ3v) is 5.79. The van der Waals surface area contributed by atoms with E-state index in [4.69, 9.17) is 0 Å². The average molecular weight is 463 g/mol. The van der Waals surface area contributed by atoms with Gasteiger partial charge in [-0.05, 0) is 43.2 Å². The van der Waals surface area contributed by atoms with Crippen LogP contribution in [0.3, 0.4) is 0 Å². The summed E-state index contributed by atoms with van der Waals surface area (Å²) < 4.78 is 35.1. The number of sulfonamides is 1. The summed E-state index contributed by atoms with van der Waals surface area (Å²) in [7, 11) is -1.13. The number of anilines is 2. The molecule has 10 heteroatoms. The number of benzene rings is 2. The molecule has 0 aliphatic carbocycles. The number of para-hydroxylation sites is 1. The van der Waals surface area contributed by atoms with E-state index >= 15 is 0 Å². The van der Waals surface area contributed by atoms with Crippen molar-refractivity contribution in [1.29, 1.82) is 0 Å². The summed E-state index contributed by atoms with van der Waals surface area (Å²) in [6.07, 6.45) is 1.40. The number of esters is 2. The molecule has 9 nitrogen and oxygen atoms in total. The van der Waals surface area contributed by atoms with Gasteiger partial charge in [-0.2, -0.15) is 0 Å². The molecule has 172 valence electrons. The normalized spacial score (nSPS) is 10.9. The Morgan fingerprint density at radius 2 is 1.53 bits per heavy atom. The zero-order valence-corrected chi connectivity index (χ0v) is 19.2. The van der Waals surface area contributed by atoms with E-state index in [2.05, 4.69) is 14.8 Å². The summed E-state index contributed by atoms with van der Waals surface area (Å²) in [5.74, 6) is -1.75. The fourth-order valence-corrected chi connectivity index (χ4v) is 4.11. The minimum absolute atomic E-state index is 0.0217. The molecule has 0 spiro atoms. The minimum Gasteiger partial charge on any atom is -0.465 e. The first kappa shape index (κ1) is 24.9. The van der Waals surface area contributed by atoms with Gasteiger partial charge in [0.1, 0.15) is 0 Å². The number of nitrogens with one attached hydrogen (secondary N) is 1. The highest BCUT2D eigenvalue weighted by molar-refractivity contribution is 7.92. The molecule has 2 aromatic rings. The smallest absolute Gasteiger partial charge is 0.337 e. The lowest BCUT2D eigenvalue weighted by Crippen LogP contribution is -2.32.